The van der Waals surface area contributed by atoms with Crippen LogP contribution in [-0.4, -0.2) is 4.98 Å². The Labute approximate surface area is 109 Å². The summed E-state index contributed by atoms with van der Waals surface area (Å²) in [5.74, 6) is 0. The molecule has 0 spiro atoms. The largest absolute Gasteiger partial charge is 0.397 e. The van der Waals surface area contributed by atoms with Crippen LogP contribution in [0.1, 0.15) is 4.88 Å². The average molecular weight is 255 g/mol. The highest BCUT2D eigenvalue weighted by Gasteiger charge is 2.04. The first kappa shape index (κ1) is 11.0. The number of fused-ring (bicyclic) bond motifs is 1. The summed E-state index contributed by atoms with van der Waals surface area (Å²) in [5.41, 5.74) is 7.93. The molecule has 0 fully saturated rings. The lowest BCUT2D eigenvalue weighted by Crippen LogP contribution is -2.01. The zero-order valence-corrected chi connectivity index (χ0v) is 10.6. The summed E-state index contributed by atoms with van der Waals surface area (Å²) in [6.07, 6.45) is 3.59. The fourth-order valence-corrected chi connectivity index (χ4v) is 2.59. The SMILES string of the molecule is Nc1c(NCc2cccs2)ccc2cnccc12. The lowest BCUT2D eigenvalue weighted by atomic mass is 10.1. The summed E-state index contributed by atoms with van der Waals surface area (Å²) in [6.45, 7) is 0.804. The van der Waals surface area contributed by atoms with Crippen LogP contribution >= 0.6 is 11.3 Å². The van der Waals surface area contributed by atoms with Crippen molar-refractivity contribution in [3.8, 4) is 0 Å². The molecule has 0 aliphatic rings. The third-order valence-corrected chi connectivity index (χ3v) is 3.77. The molecule has 3 nitrogen and oxygen atoms in total. The first-order valence-electron chi connectivity index (χ1n) is 5.73. The van der Waals surface area contributed by atoms with E-state index in [-0.39, 0.29) is 0 Å². The number of nitrogens with two attached hydrogens (primary N) is 1. The van der Waals surface area contributed by atoms with Gasteiger partial charge in [0.1, 0.15) is 0 Å². The van der Waals surface area contributed by atoms with Gasteiger partial charge in [0, 0.05) is 34.6 Å². The standard InChI is InChI=1S/C14H13N3S/c15-14-12-5-6-16-8-10(12)3-4-13(14)17-9-11-2-1-7-18-11/h1-8,17H,9,15H2. The monoisotopic (exact) mass is 255 g/mol. The number of benzene rings is 1. The summed E-state index contributed by atoms with van der Waals surface area (Å²) in [6, 6.07) is 10.2. The number of pyridine rings is 1. The lowest BCUT2D eigenvalue weighted by Gasteiger charge is -2.10. The van der Waals surface area contributed by atoms with Crippen LogP contribution in [0.4, 0.5) is 11.4 Å². The van der Waals surface area contributed by atoms with Gasteiger partial charge in [0.25, 0.3) is 0 Å². The molecular formula is C14H13N3S. The Hall–Kier alpha value is -2.07. The number of rotatable bonds is 3. The molecule has 0 atom stereocenters. The van der Waals surface area contributed by atoms with E-state index in [1.165, 1.54) is 4.88 Å². The third-order valence-electron chi connectivity index (χ3n) is 2.89. The van der Waals surface area contributed by atoms with Crippen LogP contribution in [-0.2, 0) is 6.54 Å². The molecule has 18 heavy (non-hydrogen) atoms. The second-order valence-corrected chi connectivity index (χ2v) is 5.09. The van der Waals surface area contributed by atoms with E-state index in [9.17, 15) is 0 Å². The highest BCUT2D eigenvalue weighted by atomic mass is 32.1. The first-order chi connectivity index (χ1) is 8.84. The lowest BCUT2D eigenvalue weighted by molar-refractivity contribution is 1.20. The maximum absolute atomic E-state index is 6.17. The quantitative estimate of drug-likeness (QED) is 0.704. The first-order valence-corrected chi connectivity index (χ1v) is 6.61. The Kier molecular flexibility index (Phi) is 2.86. The van der Waals surface area contributed by atoms with Crippen LogP contribution in [0.2, 0.25) is 0 Å². The van der Waals surface area contributed by atoms with Crippen molar-refractivity contribution in [1.29, 1.82) is 0 Å². The molecule has 1 aromatic carbocycles. The van der Waals surface area contributed by atoms with Crippen LogP contribution in [0.3, 0.4) is 0 Å². The second-order valence-electron chi connectivity index (χ2n) is 4.06. The highest BCUT2D eigenvalue weighted by molar-refractivity contribution is 7.09. The Morgan fingerprint density at radius 2 is 2.17 bits per heavy atom. The van der Waals surface area contributed by atoms with E-state index >= 15 is 0 Å². The molecule has 90 valence electrons. The molecule has 0 amide bonds. The summed E-state index contributed by atoms with van der Waals surface area (Å²) in [7, 11) is 0. The van der Waals surface area contributed by atoms with E-state index in [4.69, 9.17) is 5.73 Å². The minimum Gasteiger partial charge on any atom is -0.397 e. The fourth-order valence-electron chi connectivity index (χ4n) is 1.94. The molecule has 3 aromatic rings. The topological polar surface area (TPSA) is 50.9 Å². The maximum Gasteiger partial charge on any atom is 0.0630 e. The van der Waals surface area contributed by atoms with E-state index in [1.807, 2.05) is 24.4 Å². The molecule has 0 aliphatic heterocycles. The maximum atomic E-state index is 6.17. The molecule has 0 radical (unpaired) electrons. The molecule has 0 aliphatic carbocycles. The Morgan fingerprint density at radius 3 is 3.00 bits per heavy atom. The fraction of sp³-hybridized carbons (Fsp3) is 0.0714. The van der Waals surface area contributed by atoms with Gasteiger partial charge in [-0.3, -0.25) is 4.98 Å². The van der Waals surface area contributed by atoms with Crippen LogP contribution in [0.5, 0.6) is 0 Å². The van der Waals surface area contributed by atoms with Crippen LogP contribution in [0.15, 0.2) is 48.1 Å². The number of nitrogen functional groups attached to an aromatic ring is 1. The number of hydrogen-bond acceptors (Lipinski definition) is 4. The molecule has 0 saturated heterocycles. The minimum absolute atomic E-state index is 0.784. The predicted octanol–water partition coefficient (Wildman–Crippen LogP) is 3.49. The van der Waals surface area contributed by atoms with Gasteiger partial charge in [-0.15, -0.1) is 11.3 Å². The van der Waals surface area contributed by atoms with Gasteiger partial charge in [-0.05, 0) is 23.6 Å². The number of aromatic nitrogens is 1. The van der Waals surface area contributed by atoms with Gasteiger partial charge in [-0.25, -0.2) is 0 Å². The molecule has 0 unspecified atom stereocenters. The number of nitrogens with zero attached hydrogens (tertiary/aromatic N) is 1. The zero-order chi connectivity index (χ0) is 12.4. The van der Waals surface area contributed by atoms with Crippen molar-refractivity contribution in [2.75, 3.05) is 11.1 Å². The number of nitrogens with one attached hydrogen (secondary N) is 1. The van der Waals surface area contributed by atoms with E-state index in [1.54, 1.807) is 17.5 Å². The smallest absolute Gasteiger partial charge is 0.0630 e. The summed E-state index contributed by atoms with van der Waals surface area (Å²) < 4.78 is 0. The van der Waals surface area contributed by atoms with Crippen LogP contribution in [0.25, 0.3) is 10.8 Å². The van der Waals surface area contributed by atoms with Gasteiger partial charge < -0.3 is 11.1 Å². The van der Waals surface area contributed by atoms with E-state index in [0.29, 0.717) is 0 Å². The number of anilines is 2. The normalized spacial score (nSPS) is 10.7. The molecule has 3 N–H and O–H groups in total. The Morgan fingerprint density at radius 1 is 1.22 bits per heavy atom. The van der Waals surface area contributed by atoms with Gasteiger partial charge in [0.15, 0.2) is 0 Å². The zero-order valence-electron chi connectivity index (χ0n) is 9.76. The van der Waals surface area contributed by atoms with E-state index < -0.39 is 0 Å². The van der Waals surface area contributed by atoms with Crippen LogP contribution in [0, 0.1) is 0 Å². The van der Waals surface area contributed by atoms with Crippen molar-refractivity contribution in [3.63, 3.8) is 0 Å². The summed E-state index contributed by atoms with van der Waals surface area (Å²) in [5, 5.41) is 7.56. The molecule has 4 heteroatoms. The van der Waals surface area contributed by atoms with Gasteiger partial charge >= 0.3 is 0 Å². The van der Waals surface area contributed by atoms with Gasteiger partial charge in [-0.2, -0.15) is 0 Å². The van der Waals surface area contributed by atoms with Crippen molar-refractivity contribution in [2.45, 2.75) is 6.54 Å². The van der Waals surface area contributed by atoms with Crippen molar-refractivity contribution >= 4 is 33.5 Å². The molecule has 2 heterocycles. The number of hydrogen-bond donors (Lipinski definition) is 2. The molecule has 0 saturated carbocycles. The van der Waals surface area contributed by atoms with Crippen molar-refractivity contribution in [2.24, 2.45) is 0 Å². The van der Waals surface area contributed by atoms with Crippen molar-refractivity contribution < 1.29 is 0 Å². The third kappa shape index (κ3) is 2.02. The van der Waals surface area contributed by atoms with Crippen molar-refractivity contribution in [1.82, 2.24) is 4.98 Å². The van der Waals surface area contributed by atoms with E-state index in [2.05, 4.69) is 27.8 Å². The second kappa shape index (κ2) is 4.66. The molecular weight excluding hydrogens is 242 g/mol. The van der Waals surface area contributed by atoms with Crippen LogP contribution < -0.4 is 11.1 Å². The summed E-state index contributed by atoms with van der Waals surface area (Å²) >= 11 is 1.74. The van der Waals surface area contributed by atoms with Gasteiger partial charge in [0.05, 0.1) is 11.4 Å². The van der Waals surface area contributed by atoms with Gasteiger partial charge in [0.2, 0.25) is 0 Å². The Balaban J connectivity index is 1.90. The van der Waals surface area contributed by atoms with Gasteiger partial charge in [-0.1, -0.05) is 12.1 Å². The average Bonchev–Trinajstić information content (AvgIpc) is 2.91. The summed E-state index contributed by atoms with van der Waals surface area (Å²) in [4.78, 5) is 5.39. The molecule has 3 rings (SSSR count). The molecule has 0 bridgehead atoms. The minimum atomic E-state index is 0.784. The highest BCUT2D eigenvalue weighted by Crippen LogP contribution is 2.28. The number of thiophene rings is 1. The predicted molar refractivity (Wildman–Crippen MR) is 77.8 cm³/mol. The van der Waals surface area contributed by atoms with E-state index in [0.717, 1.165) is 28.7 Å². The van der Waals surface area contributed by atoms with Crippen molar-refractivity contribution in [3.05, 3.63) is 53.0 Å². The molecule has 2 aromatic heterocycles. The Bertz CT molecular complexity index is 662.